The third-order valence-corrected chi connectivity index (χ3v) is 7.36. The van der Waals surface area contributed by atoms with E-state index in [1.165, 1.54) is 17.7 Å². The lowest BCUT2D eigenvalue weighted by atomic mass is 9.86. The molecule has 3 rings (SSSR count). The highest BCUT2D eigenvalue weighted by molar-refractivity contribution is 7.92. The van der Waals surface area contributed by atoms with E-state index in [1.54, 1.807) is 49.4 Å². The predicted octanol–water partition coefficient (Wildman–Crippen LogP) is 5.12. The molecule has 3 aromatic rings. The van der Waals surface area contributed by atoms with E-state index in [4.69, 9.17) is 4.74 Å². The van der Waals surface area contributed by atoms with Gasteiger partial charge in [-0.15, -0.1) is 0 Å². The highest BCUT2D eigenvalue weighted by Crippen LogP contribution is 2.26. The molecule has 0 radical (unpaired) electrons. The molecular weight excluding hydrogens is 474 g/mol. The zero-order valence-corrected chi connectivity index (χ0v) is 22.2. The molecule has 0 unspecified atom stereocenters. The van der Waals surface area contributed by atoms with Crippen molar-refractivity contribution in [2.45, 2.75) is 44.9 Å². The molecule has 0 aliphatic carbocycles. The summed E-state index contributed by atoms with van der Waals surface area (Å²) in [5.41, 5.74) is 5.55. The highest BCUT2D eigenvalue weighted by Gasteiger charge is 2.27. The molecule has 0 saturated heterocycles. The first kappa shape index (κ1) is 26.9. The van der Waals surface area contributed by atoms with Gasteiger partial charge in [0.1, 0.15) is 12.3 Å². The number of rotatable bonds is 9. The van der Waals surface area contributed by atoms with Crippen LogP contribution in [-0.2, 0) is 20.2 Å². The van der Waals surface area contributed by atoms with E-state index in [1.807, 2.05) is 31.2 Å². The number of anilines is 1. The van der Waals surface area contributed by atoms with Gasteiger partial charge in [-0.1, -0.05) is 63.2 Å². The third kappa shape index (κ3) is 6.73. The molecule has 0 heterocycles. The molecule has 190 valence electrons. The molecule has 3 aromatic carbocycles. The number of carbonyl (C=O) groups excluding carboxylic acids is 1. The van der Waals surface area contributed by atoms with Crippen molar-refractivity contribution < 1.29 is 17.9 Å². The Morgan fingerprint density at radius 1 is 0.944 bits per heavy atom. The molecule has 0 aliphatic rings. The number of nitrogens with zero attached hydrogens (tertiary/aromatic N) is 2. The zero-order chi connectivity index (χ0) is 26.3. The summed E-state index contributed by atoms with van der Waals surface area (Å²) in [7, 11) is -4.00. The summed E-state index contributed by atoms with van der Waals surface area (Å²) < 4.78 is 33.4. The van der Waals surface area contributed by atoms with Crippen molar-refractivity contribution >= 4 is 27.3 Å². The van der Waals surface area contributed by atoms with Crippen LogP contribution in [0.5, 0.6) is 5.75 Å². The van der Waals surface area contributed by atoms with Gasteiger partial charge in [0.25, 0.3) is 15.9 Å². The fraction of sp³-hybridized carbons (Fsp3) is 0.286. The maximum absolute atomic E-state index is 13.4. The Morgan fingerprint density at radius 3 is 2.11 bits per heavy atom. The van der Waals surface area contributed by atoms with Gasteiger partial charge in [0.05, 0.1) is 22.9 Å². The van der Waals surface area contributed by atoms with E-state index < -0.39 is 22.5 Å². The standard InChI is InChI=1S/C28H33N3O4S/c1-6-35-25-18-16-24(17-19-25)31(36(33,34)26-10-8-7-9-11-26)20-27(32)30-29-21(2)22-12-14-23(15-13-22)28(3,4)5/h7-19H,6,20H2,1-5H3,(H,30,32)/b29-21-. The Labute approximate surface area is 213 Å². The van der Waals surface area contributed by atoms with Crippen molar-refractivity contribution in [3.8, 4) is 5.75 Å². The van der Waals surface area contributed by atoms with Crippen LogP contribution in [0.4, 0.5) is 5.69 Å². The quantitative estimate of drug-likeness (QED) is 0.322. The lowest BCUT2D eigenvalue weighted by Gasteiger charge is -2.24. The Balaban J connectivity index is 1.82. The number of hydrazone groups is 1. The number of benzene rings is 3. The number of hydrogen-bond donors (Lipinski definition) is 1. The molecule has 0 saturated carbocycles. The fourth-order valence-electron chi connectivity index (χ4n) is 3.50. The Morgan fingerprint density at radius 2 is 1.56 bits per heavy atom. The van der Waals surface area contributed by atoms with Crippen LogP contribution < -0.4 is 14.5 Å². The number of carbonyl (C=O) groups is 1. The molecular formula is C28H33N3O4S. The van der Waals surface area contributed by atoms with Gasteiger partial charge in [0.15, 0.2) is 0 Å². The van der Waals surface area contributed by atoms with Crippen LogP contribution >= 0.6 is 0 Å². The molecule has 0 aromatic heterocycles. The first-order chi connectivity index (χ1) is 17.0. The van der Waals surface area contributed by atoms with Gasteiger partial charge in [-0.05, 0) is 66.8 Å². The van der Waals surface area contributed by atoms with E-state index in [0.717, 1.165) is 9.87 Å². The largest absolute Gasteiger partial charge is 0.494 e. The molecule has 8 heteroatoms. The van der Waals surface area contributed by atoms with Gasteiger partial charge < -0.3 is 4.74 Å². The lowest BCUT2D eigenvalue weighted by Crippen LogP contribution is -2.39. The molecule has 0 aliphatic heterocycles. The lowest BCUT2D eigenvalue weighted by molar-refractivity contribution is -0.119. The van der Waals surface area contributed by atoms with Crippen LogP contribution in [0.2, 0.25) is 0 Å². The van der Waals surface area contributed by atoms with Crippen molar-refractivity contribution in [2.75, 3.05) is 17.5 Å². The normalized spacial score (nSPS) is 12.2. The summed E-state index contributed by atoms with van der Waals surface area (Å²) in [5.74, 6) is 0.0505. The van der Waals surface area contributed by atoms with E-state index in [0.29, 0.717) is 23.8 Å². The number of amides is 1. The summed E-state index contributed by atoms with van der Waals surface area (Å²) in [6, 6.07) is 22.6. The minimum atomic E-state index is -4.00. The van der Waals surface area contributed by atoms with Gasteiger partial charge in [-0.3, -0.25) is 9.10 Å². The van der Waals surface area contributed by atoms with Crippen molar-refractivity contribution in [3.63, 3.8) is 0 Å². The number of hydrogen-bond acceptors (Lipinski definition) is 5. The summed E-state index contributed by atoms with van der Waals surface area (Å²) in [5, 5.41) is 4.20. The van der Waals surface area contributed by atoms with Gasteiger partial charge >= 0.3 is 0 Å². The minimum Gasteiger partial charge on any atom is -0.494 e. The van der Waals surface area contributed by atoms with E-state index in [2.05, 4.69) is 31.3 Å². The second kappa shape index (κ2) is 11.4. The smallest absolute Gasteiger partial charge is 0.264 e. The maximum Gasteiger partial charge on any atom is 0.264 e. The molecule has 1 N–H and O–H groups in total. The van der Waals surface area contributed by atoms with Gasteiger partial charge in [-0.2, -0.15) is 5.10 Å². The molecule has 0 spiro atoms. The zero-order valence-electron chi connectivity index (χ0n) is 21.4. The second-order valence-corrected chi connectivity index (χ2v) is 11.2. The van der Waals surface area contributed by atoms with Gasteiger partial charge in [0, 0.05) is 0 Å². The first-order valence-corrected chi connectivity index (χ1v) is 13.2. The molecule has 1 amide bonds. The maximum atomic E-state index is 13.4. The minimum absolute atomic E-state index is 0.0341. The molecule has 0 fully saturated rings. The Kier molecular flexibility index (Phi) is 8.53. The van der Waals surface area contributed by atoms with Crippen molar-refractivity contribution in [1.82, 2.24) is 5.43 Å². The SMILES string of the molecule is CCOc1ccc(N(CC(=O)N/N=C(/C)c2ccc(C(C)(C)C)cc2)S(=O)(=O)c2ccccc2)cc1. The summed E-state index contributed by atoms with van der Waals surface area (Å²) >= 11 is 0. The predicted molar refractivity (Wildman–Crippen MR) is 144 cm³/mol. The van der Waals surface area contributed by atoms with E-state index >= 15 is 0 Å². The Hall–Kier alpha value is -3.65. The number of nitrogens with one attached hydrogen (secondary N) is 1. The van der Waals surface area contributed by atoms with Crippen LogP contribution in [0.3, 0.4) is 0 Å². The fourth-order valence-corrected chi connectivity index (χ4v) is 4.94. The monoisotopic (exact) mass is 507 g/mol. The van der Waals surface area contributed by atoms with Crippen molar-refractivity contribution in [2.24, 2.45) is 5.10 Å². The molecule has 36 heavy (non-hydrogen) atoms. The van der Waals surface area contributed by atoms with E-state index in [-0.39, 0.29) is 10.3 Å². The number of ether oxygens (including phenoxy) is 1. The molecule has 0 atom stereocenters. The van der Waals surface area contributed by atoms with Crippen LogP contribution in [0, 0.1) is 0 Å². The summed E-state index contributed by atoms with van der Waals surface area (Å²) in [4.78, 5) is 12.9. The second-order valence-electron chi connectivity index (χ2n) is 9.31. The van der Waals surface area contributed by atoms with Crippen molar-refractivity contribution in [1.29, 1.82) is 0 Å². The van der Waals surface area contributed by atoms with Crippen LogP contribution in [-0.4, -0.2) is 33.2 Å². The topological polar surface area (TPSA) is 88.1 Å². The van der Waals surface area contributed by atoms with Crippen molar-refractivity contribution in [3.05, 3.63) is 90.0 Å². The van der Waals surface area contributed by atoms with Crippen LogP contribution in [0.15, 0.2) is 88.9 Å². The summed E-state index contributed by atoms with van der Waals surface area (Å²) in [6.07, 6.45) is 0. The average Bonchev–Trinajstić information content (AvgIpc) is 2.86. The van der Waals surface area contributed by atoms with Gasteiger partial charge in [0.2, 0.25) is 0 Å². The molecule has 0 bridgehead atoms. The first-order valence-electron chi connectivity index (χ1n) is 11.8. The molecule has 7 nitrogen and oxygen atoms in total. The average molecular weight is 508 g/mol. The summed E-state index contributed by atoms with van der Waals surface area (Å²) in [6.45, 7) is 10.1. The van der Waals surface area contributed by atoms with Gasteiger partial charge in [-0.25, -0.2) is 13.8 Å². The highest BCUT2D eigenvalue weighted by atomic mass is 32.2. The van der Waals surface area contributed by atoms with Crippen LogP contribution in [0.1, 0.15) is 45.7 Å². The van der Waals surface area contributed by atoms with E-state index in [9.17, 15) is 13.2 Å². The number of sulfonamides is 1. The van der Waals surface area contributed by atoms with Crippen LogP contribution in [0.25, 0.3) is 0 Å². The third-order valence-electron chi connectivity index (χ3n) is 5.57. The Bertz CT molecular complexity index is 1300.